The molecule has 1 aliphatic rings. The lowest BCUT2D eigenvalue weighted by Crippen LogP contribution is -2.44. The summed E-state index contributed by atoms with van der Waals surface area (Å²) in [7, 11) is -3.60. The van der Waals surface area contributed by atoms with Crippen LogP contribution in [0.25, 0.3) is 0 Å². The Labute approximate surface area is 124 Å². The van der Waals surface area contributed by atoms with Crippen molar-refractivity contribution in [3.63, 3.8) is 0 Å². The van der Waals surface area contributed by atoms with Gasteiger partial charge in [0.1, 0.15) is 5.78 Å². The molecule has 0 amide bonds. The largest absolute Gasteiger partial charge is 0.300 e. The molecule has 6 heteroatoms. The van der Waals surface area contributed by atoms with Crippen LogP contribution in [0.1, 0.15) is 32.6 Å². The van der Waals surface area contributed by atoms with Crippen molar-refractivity contribution in [3.8, 4) is 0 Å². The molecule has 110 valence electrons. The first-order valence-electron chi connectivity index (χ1n) is 6.68. The minimum Gasteiger partial charge on any atom is -0.300 e. The Morgan fingerprint density at radius 3 is 2.40 bits per heavy atom. The maximum Gasteiger partial charge on any atom is 0.240 e. The fourth-order valence-electron chi connectivity index (χ4n) is 2.64. The number of Topliss-reactive ketones (excluding diaryl/α,β-unsaturated/α-hetero) is 1. The summed E-state index contributed by atoms with van der Waals surface area (Å²) in [5.74, 6) is -0.167. The monoisotopic (exact) mass is 315 g/mol. The number of carbonyl (C=O) groups excluding carboxylic acids is 1. The predicted molar refractivity (Wildman–Crippen MR) is 78.2 cm³/mol. The van der Waals surface area contributed by atoms with Crippen LogP contribution in [0.4, 0.5) is 0 Å². The van der Waals surface area contributed by atoms with Crippen LogP contribution in [0.3, 0.4) is 0 Å². The number of sulfonamides is 1. The topological polar surface area (TPSA) is 63.2 Å². The number of benzene rings is 1. The van der Waals surface area contributed by atoms with Gasteiger partial charge in [-0.3, -0.25) is 4.79 Å². The standard InChI is InChI=1S/C14H18ClNO3S/c1-10(17)13-4-2-3-5-14(13)16-20(18,19)12-8-6-11(15)7-9-12/h6-9,13-14,16H,2-5H2,1H3/t13-,14+/m0/s1. The van der Waals surface area contributed by atoms with Gasteiger partial charge in [-0.25, -0.2) is 13.1 Å². The summed E-state index contributed by atoms with van der Waals surface area (Å²) in [5, 5.41) is 0.489. The zero-order valence-corrected chi connectivity index (χ0v) is 12.9. The number of carbonyl (C=O) groups is 1. The molecule has 1 fully saturated rings. The number of halogens is 1. The smallest absolute Gasteiger partial charge is 0.240 e. The van der Waals surface area contributed by atoms with E-state index in [1.807, 2.05) is 0 Å². The quantitative estimate of drug-likeness (QED) is 0.929. The summed E-state index contributed by atoms with van der Waals surface area (Å²) in [6.45, 7) is 1.53. The normalized spacial score (nSPS) is 23.5. The Balaban J connectivity index is 2.18. The molecule has 1 aromatic carbocycles. The minimum absolute atomic E-state index is 0.0495. The molecule has 20 heavy (non-hydrogen) atoms. The Hall–Kier alpha value is -0.910. The summed E-state index contributed by atoms with van der Waals surface area (Å²) < 4.78 is 27.3. The van der Waals surface area contributed by atoms with Crippen LogP contribution in [-0.2, 0) is 14.8 Å². The van der Waals surface area contributed by atoms with Crippen LogP contribution in [-0.4, -0.2) is 20.2 Å². The van der Waals surface area contributed by atoms with Crippen molar-refractivity contribution in [2.75, 3.05) is 0 Å². The molecule has 0 aliphatic heterocycles. The van der Waals surface area contributed by atoms with E-state index in [-0.39, 0.29) is 22.6 Å². The van der Waals surface area contributed by atoms with Gasteiger partial charge in [-0.05, 0) is 44.0 Å². The van der Waals surface area contributed by atoms with E-state index in [4.69, 9.17) is 11.6 Å². The van der Waals surface area contributed by atoms with Crippen molar-refractivity contribution in [2.45, 2.75) is 43.5 Å². The van der Waals surface area contributed by atoms with E-state index in [1.54, 1.807) is 12.1 Å². The highest BCUT2D eigenvalue weighted by atomic mass is 35.5. The molecule has 2 atom stereocenters. The first kappa shape index (κ1) is 15.5. The van der Waals surface area contributed by atoms with Gasteiger partial charge in [0.2, 0.25) is 10.0 Å². The van der Waals surface area contributed by atoms with Crippen molar-refractivity contribution < 1.29 is 13.2 Å². The molecule has 0 unspecified atom stereocenters. The molecule has 0 aromatic heterocycles. The molecular weight excluding hydrogens is 298 g/mol. The van der Waals surface area contributed by atoms with Crippen LogP contribution in [0.2, 0.25) is 5.02 Å². The van der Waals surface area contributed by atoms with Crippen molar-refractivity contribution in [3.05, 3.63) is 29.3 Å². The molecule has 1 aliphatic carbocycles. The van der Waals surface area contributed by atoms with Gasteiger partial charge in [-0.2, -0.15) is 0 Å². The molecule has 0 spiro atoms. The zero-order valence-electron chi connectivity index (χ0n) is 11.3. The molecule has 0 saturated heterocycles. The zero-order chi connectivity index (χ0) is 14.8. The lowest BCUT2D eigenvalue weighted by atomic mass is 9.83. The molecule has 0 bridgehead atoms. The Morgan fingerprint density at radius 2 is 1.80 bits per heavy atom. The fourth-order valence-corrected chi connectivity index (χ4v) is 4.08. The van der Waals surface area contributed by atoms with Gasteiger partial charge in [0.15, 0.2) is 0 Å². The van der Waals surface area contributed by atoms with E-state index in [9.17, 15) is 13.2 Å². The first-order valence-corrected chi connectivity index (χ1v) is 8.54. The van der Waals surface area contributed by atoms with Crippen LogP contribution in [0, 0.1) is 5.92 Å². The van der Waals surface area contributed by atoms with Gasteiger partial charge in [0.05, 0.1) is 4.90 Å². The summed E-state index contributed by atoms with van der Waals surface area (Å²) >= 11 is 5.76. The lowest BCUT2D eigenvalue weighted by Gasteiger charge is -2.30. The third-order valence-electron chi connectivity index (χ3n) is 3.72. The number of rotatable bonds is 4. The lowest BCUT2D eigenvalue weighted by molar-refractivity contribution is -0.122. The van der Waals surface area contributed by atoms with Crippen molar-refractivity contribution in [1.82, 2.24) is 4.72 Å². The van der Waals surface area contributed by atoms with Crippen LogP contribution in [0.5, 0.6) is 0 Å². The molecular formula is C14H18ClNO3S. The third kappa shape index (κ3) is 3.59. The molecule has 2 rings (SSSR count). The number of ketones is 1. The predicted octanol–water partition coefficient (Wildman–Crippen LogP) is 2.77. The van der Waals surface area contributed by atoms with E-state index in [1.165, 1.54) is 19.1 Å². The maximum atomic E-state index is 12.3. The van der Waals surface area contributed by atoms with Crippen LogP contribution >= 0.6 is 11.6 Å². The number of hydrogen-bond acceptors (Lipinski definition) is 3. The second-order valence-electron chi connectivity index (χ2n) is 5.18. The average Bonchev–Trinajstić information content (AvgIpc) is 2.39. The molecule has 1 aromatic rings. The number of nitrogens with one attached hydrogen (secondary N) is 1. The van der Waals surface area contributed by atoms with Gasteiger partial charge in [0, 0.05) is 17.0 Å². The number of hydrogen-bond donors (Lipinski definition) is 1. The van der Waals surface area contributed by atoms with Crippen molar-refractivity contribution >= 4 is 27.4 Å². The SMILES string of the molecule is CC(=O)[C@@H]1CCCC[C@H]1NS(=O)(=O)c1ccc(Cl)cc1. The highest BCUT2D eigenvalue weighted by Gasteiger charge is 2.32. The van der Waals surface area contributed by atoms with E-state index in [0.717, 1.165) is 19.3 Å². The summed E-state index contributed by atoms with van der Waals surface area (Å²) in [5.41, 5.74) is 0. The Bertz CT molecular complexity index is 583. The summed E-state index contributed by atoms with van der Waals surface area (Å²) in [4.78, 5) is 11.8. The third-order valence-corrected chi connectivity index (χ3v) is 5.48. The minimum atomic E-state index is -3.60. The molecule has 4 nitrogen and oxygen atoms in total. The van der Waals surface area contributed by atoms with Crippen molar-refractivity contribution in [1.29, 1.82) is 0 Å². The molecule has 1 saturated carbocycles. The molecule has 0 heterocycles. The van der Waals surface area contributed by atoms with Gasteiger partial charge in [-0.15, -0.1) is 0 Å². The van der Waals surface area contributed by atoms with E-state index >= 15 is 0 Å². The average molecular weight is 316 g/mol. The fraction of sp³-hybridized carbons (Fsp3) is 0.500. The van der Waals surface area contributed by atoms with Gasteiger partial charge in [-0.1, -0.05) is 24.4 Å². The van der Waals surface area contributed by atoms with E-state index < -0.39 is 10.0 Å². The summed E-state index contributed by atoms with van der Waals surface area (Å²) in [6, 6.07) is 5.72. The Morgan fingerprint density at radius 1 is 1.20 bits per heavy atom. The molecule has 1 N–H and O–H groups in total. The van der Waals surface area contributed by atoms with Crippen molar-refractivity contribution in [2.24, 2.45) is 5.92 Å². The summed E-state index contributed by atoms with van der Waals surface area (Å²) in [6.07, 6.45) is 3.38. The van der Waals surface area contributed by atoms with Gasteiger partial charge >= 0.3 is 0 Å². The van der Waals surface area contributed by atoms with Gasteiger partial charge in [0.25, 0.3) is 0 Å². The van der Waals surface area contributed by atoms with Crippen LogP contribution in [0.15, 0.2) is 29.2 Å². The maximum absolute atomic E-state index is 12.3. The Kier molecular flexibility index (Phi) is 4.83. The second kappa shape index (κ2) is 6.24. The van der Waals surface area contributed by atoms with Crippen LogP contribution < -0.4 is 4.72 Å². The highest BCUT2D eigenvalue weighted by Crippen LogP contribution is 2.26. The second-order valence-corrected chi connectivity index (χ2v) is 7.33. The van der Waals surface area contributed by atoms with E-state index in [2.05, 4.69) is 4.72 Å². The first-order chi connectivity index (χ1) is 9.40. The van der Waals surface area contributed by atoms with E-state index in [0.29, 0.717) is 11.4 Å². The highest BCUT2D eigenvalue weighted by molar-refractivity contribution is 7.89. The van der Waals surface area contributed by atoms with Gasteiger partial charge < -0.3 is 0 Å². The molecule has 0 radical (unpaired) electrons.